The van der Waals surface area contributed by atoms with Gasteiger partial charge in [0.25, 0.3) is 5.56 Å². The molecule has 0 spiro atoms. The van der Waals surface area contributed by atoms with E-state index in [2.05, 4.69) is 9.97 Å². The lowest BCUT2D eigenvalue weighted by Gasteiger charge is -1.98. The Kier molecular flexibility index (Phi) is 2.05. The first-order valence-corrected chi connectivity index (χ1v) is 6.86. The minimum absolute atomic E-state index is 0.0385. The summed E-state index contributed by atoms with van der Waals surface area (Å²) in [6.07, 6.45) is 0. The average molecular weight is 266 g/mol. The van der Waals surface area contributed by atoms with E-state index in [0.717, 1.165) is 36.9 Å². The predicted molar refractivity (Wildman–Crippen MR) is 80.0 cm³/mol. The Morgan fingerprint density at radius 3 is 2.68 bits per heavy atom. The van der Waals surface area contributed by atoms with E-state index >= 15 is 0 Å². The number of fused-ring (bicyclic) bond motifs is 5. The number of hydrogen-bond acceptors (Lipinski definition) is 3. The van der Waals surface area contributed by atoms with Gasteiger partial charge in [-0.3, -0.25) is 4.79 Å². The summed E-state index contributed by atoms with van der Waals surface area (Å²) in [5, 5.41) is 2.76. The normalized spacial score (nSPS) is 11.6. The SMILES string of the molecule is Cc1ccc2c(n1)sc1c3ccccc3c(=O)[nH]c21. The van der Waals surface area contributed by atoms with Crippen LogP contribution in [0.4, 0.5) is 0 Å². The Morgan fingerprint density at radius 1 is 1.05 bits per heavy atom. The van der Waals surface area contributed by atoms with Gasteiger partial charge in [0.15, 0.2) is 0 Å². The number of nitrogens with one attached hydrogen (secondary N) is 1. The Labute approximate surface area is 112 Å². The Hall–Kier alpha value is -2.20. The average Bonchev–Trinajstić information content (AvgIpc) is 2.77. The lowest BCUT2D eigenvalue weighted by atomic mass is 10.1. The van der Waals surface area contributed by atoms with Crippen molar-refractivity contribution in [3.63, 3.8) is 0 Å². The quantitative estimate of drug-likeness (QED) is 0.528. The third-order valence-electron chi connectivity index (χ3n) is 3.35. The summed E-state index contributed by atoms with van der Waals surface area (Å²) in [6.45, 7) is 1.98. The fraction of sp³-hybridized carbons (Fsp3) is 0.0667. The molecule has 4 rings (SSSR count). The van der Waals surface area contributed by atoms with E-state index in [9.17, 15) is 4.79 Å². The number of benzene rings is 1. The topological polar surface area (TPSA) is 45.8 Å². The second-order valence-electron chi connectivity index (χ2n) is 4.61. The van der Waals surface area contributed by atoms with Crippen molar-refractivity contribution in [3.05, 3.63) is 52.4 Å². The van der Waals surface area contributed by atoms with Crippen LogP contribution in [0.1, 0.15) is 5.69 Å². The number of rotatable bonds is 0. The molecule has 1 N–H and O–H groups in total. The molecular formula is C15H10N2OS. The molecule has 4 aromatic rings. The summed E-state index contributed by atoms with van der Waals surface area (Å²) >= 11 is 1.63. The molecule has 0 radical (unpaired) electrons. The van der Waals surface area contributed by atoms with E-state index in [1.165, 1.54) is 0 Å². The van der Waals surface area contributed by atoms with Gasteiger partial charge >= 0.3 is 0 Å². The van der Waals surface area contributed by atoms with Crippen molar-refractivity contribution in [2.24, 2.45) is 0 Å². The lowest BCUT2D eigenvalue weighted by molar-refractivity contribution is 1.27. The Balaban J connectivity index is 2.35. The van der Waals surface area contributed by atoms with Gasteiger partial charge in [-0.25, -0.2) is 4.98 Å². The molecule has 0 unspecified atom stereocenters. The number of aromatic nitrogens is 2. The fourth-order valence-electron chi connectivity index (χ4n) is 2.44. The first kappa shape index (κ1) is 10.7. The number of aryl methyl sites for hydroxylation is 1. The van der Waals surface area contributed by atoms with Gasteiger partial charge < -0.3 is 4.98 Å². The Morgan fingerprint density at radius 2 is 1.84 bits per heavy atom. The molecule has 3 heterocycles. The van der Waals surface area contributed by atoms with Crippen LogP contribution in [0.2, 0.25) is 0 Å². The van der Waals surface area contributed by atoms with Crippen LogP contribution in [0, 0.1) is 6.92 Å². The third kappa shape index (κ3) is 1.43. The largest absolute Gasteiger partial charge is 0.320 e. The van der Waals surface area contributed by atoms with Crippen molar-refractivity contribution in [1.29, 1.82) is 0 Å². The second kappa shape index (κ2) is 3.65. The maximum atomic E-state index is 12.1. The summed E-state index contributed by atoms with van der Waals surface area (Å²) in [6, 6.07) is 11.7. The number of hydrogen-bond donors (Lipinski definition) is 1. The zero-order chi connectivity index (χ0) is 13.0. The van der Waals surface area contributed by atoms with Crippen molar-refractivity contribution < 1.29 is 0 Å². The summed E-state index contributed by atoms with van der Waals surface area (Å²) in [7, 11) is 0. The van der Waals surface area contributed by atoms with E-state index < -0.39 is 0 Å². The van der Waals surface area contributed by atoms with Crippen LogP contribution in [0.5, 0.6) is 0 Å². The van der Waals surface area contributed by atoms with Gasteiger partial charge in [-0.05, 0) is 25.1 Å². The van der Waals surface area contributed by atoms with Gasteiger partial charge in [0.2, 0.25) is 0 Å². The number of pyridine rings is 2. The molecule has 0 saturated heterocycles. The van der Waals surface area contributed by atoms with E-state index in [1.54, 1.807) is 11.3 Å². The summed E-state index contributed by atoms with van der Waals surface area (Å²) in [5.74, 6) is 0. The van der Waals surface area contributed by atoms with E-state index in [-0.39, 0.29) is 5.56 Å². The minimum atomic E-state index is -0.0385. The fourth-order valence-corrected chi connectivity index (χ4v) is 3.66. The molecule has 3 nitrogen and oxygen atoms in total. The molecule has 0 aliphatic carbocycles. The molecule has 19 heavy (non-hydrogen) atoms. The first-order valence-electron chi connectivity index (χ1n) is 6.05. The highest BCUT2D eigenvalue weighted by Crippen LogP contribution is 2.34. The van der Waals surface area contributed by atoms with Crippen LogP contribution >= 0.6 is 11.3 Å². The zero-order valence-electron chi connectivity index (χ0n) is 10.2. The first-order chi connectivity index (χ1) is 9.24. The van der Waals surface area contributed by atoms with Crippen LogP contribution < -0.4 is 5.56 Å². The molecule has 0 fully saturated rings. The van der Waals surface area contributed by atoms with Crippen LogP contribution in [0.15, 0.2) is 41.2 Å². The van der Waals surface area contributed by atoms with Crippen molar-refractivity contribution in [1.82, 2.24) is 9.97 Å². The minimum Gasteiger partial charge on any atom is -0.320 e. The third-order valence-corrected chi connectivity index (χ3v) is 4.48. The molecule has 4 heteroatoms. The summed E-state index contributed by atoms with van der Waals surface area (Å²) in [4.78, 5) is 20.6. The molecule has 92 valence electrons. The second-order valence-corrected chi connectivity index (χ2v) is 5.61. The van der Waals surface area contributed by atoms with Crippen LogP contribution in [-0.2, 0) is 0 Å². The van der Waals surface area contributed by atoms with Crippen molar-refractivity contribution >= 4 is 42.5 Å². The maximum absolute atomic E-state index is 12.1. The van der Waals surface area contributed by atoms with Gasteiger partial charge in [0.05, 0.1) is 10.2 Å². The molecule has 0 aliphatic rings. The number of nitrogens with zero attached hydrogens (tertiary/aromatic N) is 1. The highest BCUT2D eigenvalue weighted by atomic mass is 32.1. The van der Waals surface area contributed by atoms with E-state index in [0.29, 0.717) is 0 Å². The maximum Gasteiger partial charge on any atom is 0.256 e. The number of H-pyrrole nitrogens is 1. The predicted octanol–water partition coefficient (Wildman–Crippen LogP) is 3.60. The highest BCUT2D eigenvalue weighted by Gasteiger charge is 2.11. The van der Waals surface area contributed by atoms with Crippen LogP contribution in [0.25, 0.3) is 31.2 Å². The van der Waals surface area contributed by atoms with Gasteiger partial charge in [0.1, 0.15) is 4.83 Å². The molecule has 1 aromatic carbocycles. The molecular weight excluding hydrogens is 256 g/mol. The lowest BCUT2D eigenvalue weighted by Crippen LogP contribution is -2.04. The zero-order valence-corrected chi connectivity index (χ0v) is 11.0. The van der Waals surface area contributed by atoms with Gasteiger partial charge in [-0.1, -0.05) is 18.2 Å². The van der Waals surface area contributed by atoms with Crippen LogP contribution in [0.3, 0.4) is 0 Å². The smallest absolute Gasteiger partial charge is 0.256 e. The molecule has 0 bridgehead atoms. The number of aromatic amines is 1. The Bertz CT molecular complexity index is 997. The van der Waals surface area contributed by atoms with E-state index in [4.69, 9.17) is 0 Å². The standard InChI is InChI=1S/C15H10N2OS/c1-8-6-7-11-12-13(19-15(11)16-8)9-4-2-3-5-10(9)14(18)17-12/h2-7H,1H3,(H,17,18). The molecule has 3 aromatic heterocycles. The van der Waals surface area contributed by atoms with Gasteiger partial charge in [0, 0.05) is 21.9 Å². The molecule has 0 atom stereocenters. The summed E-state index contributed by atoms with van der Waals surface area (Å²) in [5.41, 5.74) is 1.85. The highest BCUT2D eigenvalue weighted by molar-refractivity contribution is 7.26. The molecule has 0 saturated carbocycles. The number of thiophene rings is 1. The van der Waals surface area contributed by atoms with Crippen molar-refractivity contribution in [3.8, 4) is 0 Å². The molecule has 0 amide bonds. The molecule has 0 aliphatic heterocycles. The summed E-state index contributed by atoms with van der Waals surface area (Å²) < 4.78 is 1.10. The van der Waals surface area contributed by atoms with E-state index in [1.807, 2.05) is 43.3 Å². The van der Waals surface area contributed by atoms with Gasteiger partial charge in [-0.15, -0.1) is 11.3 Å². The monoisotopic (exact) mass is 266 g/mol. The van der Waals surface area contributed by atoms with Crippen molar-refractivity contribution in [2.45, 2.75) is 6.92 Å². The van der Waals surface area contributed by atoms with Crippen LogP contribution in [-0.4, -0.2) is 9.97 Å². The van der Waals surface area contributed by atoms with Crippen molar-refractivity contribution in [2.75, 3.05) is 0 Å². The van der Waals surface area contributed by atoms with Gasteiger partial charge in [-0.2, -0.15) is 0 Å².